The standard InChI is InChI=1S/C15H24N2O2S/c1-3-19-14(18)9-8-12-10-20-15(16-12)17-13-7-5-4-6-11(13)2/h10-11,13H,3-9H2,1-2H3,(H,16,17). The number of aryl methyl sites for hydroxylation is 1. The van der Waals surface area contributed by atoms with Crippen LogP contribution in [0, 0.1) is 5.92 Å². The highest BCUT2D eigenvalue weighted by molar-refractivity contribution is 7.13. The number of aromatic nitrogens is 1. The Kier molecular flexibility index (Phi) is 5.83. The predicted molar refractivity (Wildman–Crippen MR) is 82.1 cm³/mol. The Morgan fingerprint density at radius 3 is 3.05 bits per heavy atom. The summed E-state index contributed by atoms with van der Waals surface area (Å²) in [7, 11) is 0. The molecule has 0 amide bonds. The van der Waals surface area contributed by atoms with Gasteiger partial charge in [0, 0.05) is 17.8 Å². The summed E-state index contributed by atoms with van der Waals surface area (Å²) in [6.07, 6.45) is 6.27. The fourth-order valence-electron chi connectivity index (χ4n) is 2.64. The number of carbonyl (C=O) groups is 1. The summed E-state index contributed by atoms with van der Waals surface area (Å²) in [5.41, 5.74) is 0.981. The third kappa shape index (κ3) is 4.47. The van der Waals surface area contributed by atoms with Gasteiger partial charge in [0.1, 0.15) is 0 Å². The van der Waals surface area contributed by atoms with Crippen molar-refractivity contribution < 1.29 is 9.53 Å². The summed E-state index contributed by atoms with van der Waals surface area (Å²) in [6.45, 7) is 4.59. The third-order valence-corrected chi connectivity index (χ3v) is 4.69. The lowest BCUT2D eigenvalue weighted by molar-refractivity contribution is -0.143. The smallest absolute Gasteiger partial charge is 0.306 e. The van der Waals surface area contributed by atoms with Crippen LogP contribution in [0.25, 0.3) is 0 Å². The number of hydrogen-bond acceptors (Lipinski definition) is 5. The molecule has 0 saturated heterocycles. The van der Waals surface area contributed by atoms with Gasteiger partial charge in [-0.1, -0.05) is 19.8 Å². The number of nitrogens with one attached hydrogen (secondary N) is 1. The zero-order valence-electron chi connectivity index (χ0n) is 12.4. The topological polar surface area (TPSA) is 51.2 Å². The summed E-state index contributed by atoms with van der Waals surface area (Å²) in [4.78, 5) is 15.9. The van der Waals surface area contributed by atoms with Crippen molar-refractivity contribution in [3.05, 3.63) is 11.1 Å². The van der Waals surface area contributed by atoms with Gasteiger partial charge in [-0.2, -0.15) is 0 Å². The van der Waals surface area contributed by atoms with E-state index in [9.17, 15) is 4.79 Å². The molecule has 0 bridgehead atoms. The van der Waals surface area contributed by atoms with E-state index in [-0.39, 0.29) is 5.97 Å². The fourth-order valence-corrected chi connectivity index (χ4v) is 3.45. The van der Waals surface area contributed by atoms with Gasteiger partial charge in [-0.15, -0.1) is 11.3 Å². The molecule has 5 heteroatoms. The van der Waals surface area contributed by atoms with Gasteiger partial charge in [0.15, 0.2) is 5.13 Å². The number of esters is 1. The Morgan fingerprint density at radius 1 is 1.50 bits per heavy atom. The average molecular weight is 296 g/mol. The van der Waals surface area contributed by atoms with Crippen molar-refractivity contribution >= 4 is 22.4 Å². The molecule has 1 aliphatic carbocycles. The summed E-state index contributed by atoms with van der Waals surface area (Å²) in [5, 5.41) is 6.58. The summed E-state index contributed by atoms with van der Waals surface area (Å²) in [5.74, 6) is 0.576. The van der Waals surface area contributed by atoms with Crippen LogP contribution in [0.4, 0.5) is 5.13 Å². The Hall–Kier alpha value is -1.10. The molecule has 20 heavy (non-hydrogen) atoms. The van der Waals surface area contributed by atoms with Crippen molar-refractivity contribution in [3.8, 4) is 0 Å². The van der Waals surface area contributed by atoms with Crippen LogP contribution in [0.3, 0.4) is 0 Å². The van der Waals surface area contributed by atoms with Crippen LogP contribution in [0.2, 0.25) is 0 Å². The zero-order chi connectivity index (χ0) is 14.4. The predicted octanol–water partition coefficient (Wildman–Crippen LogP) is 3.63. The van der Waals surface area contributed by atoms with Crippen LogP contribution in [0.5, 0.6) is 0 Å². The molecular formula is C15H24N2O2S. The molecule has 1 saturated carbocycles. The maximum Gasteiger partial charge on any atom is 0.306 e. The lowest BCUT2D eigenvalue weighted by Gasteiger charge is -2.29. The fraction of sp³-hybridized carbons (Fsp3) is 0.733. The third-order valence-electron chi connectivity index (χ3n) is 3.86. The van der Waals surface area contributed by atoms with Crippen molar-refractivity contribution in [3.63, 3.8) is 0 Å². The van der Waals surface area contributed by atoms with Gasteiger partial charge in [-0.3, -0.25) is 4.79 Å². The molecule has 1 heterocycles. The number of rotatable bonds is 6. The highest BCUT2D eigenvalue weighted by Gasteiger charge is 2.21. The van der Waals surface area contributed by atoms with Crippen molar-refractivity contribution in [2.24, 2.45) is 5.92 Å². The van der Waals surface area contributed by atoms with Gasteiger partial charge in [-0.05, 0) is 25.7 Å². The molecule has 0 spiro atoms. The Labute approximate surface area is 124 Å². The Balaban J connectivity index is 1.81. The van der Waals surface area contributed by atoms with Gasteiger partial charge in [0.2, 0.25) is 0 Å². The van der Waals surface area contributed by atoms with E-state index in [0.717, 1.165) is 16.7 Å². The number of thiazole rings is 1. The second-order valence-corrected chi connectivity index (χ2v) is 6.32. The first-order chi connectivity index (χ1) is 9.69. The van der Waals surface area contributed by atoms with Crippen LogP contribution in [-0.4, -0.2) is 23.6 Å². The number of carbonyl (C=O) groups excluding carboxylic acids is 1. The van der Waals surface area contributed by atoms with E-state index >= 15 is 0 Å². The molecule has 1 aromatic rings. The van der Waals surface area contributed by atoms with E-state index in [1.54, 1.807) is 11.3 Å². The van der Waals surface area contributed by atoms with Crippen LogP contribution in [0.1, 0.15) is 51.6 Å². The van der Waals surface area contributed by atoms with E-state index in [4.69, 9.17) is 4.74 Å². The van der Waals surface area contributed by atoms with E-state index < -0.39 is 0 Å². The molecule has 0 aromatic carbocycles. The second kappa shape index (κ2) is 7.62. The molecule has 2 atom stereocenters. The summed E-state index contributed by atoms with van der Waals surface area (Å²) < 4.78 is 4.93. The Bertz CT molecular complexity index is 433. The molecule has 0 radical (unpaired) electrons. The molecule has 1 N–H and O–H groups in total. The molecule has 1 fully saturated rings. The van der Waals surface area contributed by atoms with Crippen LogP contribution >= 0.6 is 11.3 Å². The van der Waals surface area contributed by atoms with Gasteiger partial charge in [-0.25, -0.2) is 4.98 Å². The lowest BCUT2D eigenvalue weighted by atomic mass is 9.86. The number of hydrogen-bond donors (Lipinski definition) is 1. The average Bonchev–Trinajstić information content (AvgIpc) is 2.87. The highest BCUT2D eigenvalue weighted by Crippen LogP contribution is 2.28. The number of anilines is 1. The first-order valence-electron chi connectivity index (χ1n) is 7.55. The minimum Gasteiger partial charge on any atom is -0.466 e. The molecule has 1 aliphatic rings. The normalized spacial score (nSPS) is 22.5. The summed E-state index contributed by atoms with van der Waals surface area (Å²) in [6, 6.07) is 0.549. The first kappa shape index (κ1) is 15.3. The van der Waals surface area contributed by atoms with E-state index in [2.05, 4.69) is 17.2 Å². The van der Waals surface area contributed by atoms with Crippen LogP contribution < -0.4 is 5.32 Å². The van der Waals surface area contributed by atoms with Gasteiger partial charge >= 0.3 is 5.97 Å². The first-order valence-corrected chi connectivity index (χ1v) is 8.43. The van der Waals surface area contributed by atoms with E-state index in [1.807, 2.05) is 12.3 Å². The number of ether oxygens (including phenoxy) is 1. The molecule has 4 nitrogen and oxygen atoms in total. The zero-order valence-corrected chi connectivity index (χ0v) is 13.2. The monoisotopic (exact) mass is 296 g/mol. The SMILES string of the molecule is CCOC(=O)CCc1csc(NC2CCCCC2C)n1. The molecule has 112 valence electrons. The van der Waals surface area contributed by atoms with Crippen molar-refractivity contribution in [2.45, 2.75) is 58.4 Å². The molecule has 2 unspecified atom stereocenters. The summed E-state index contributed by atoms with van der Waals surface area (Å²) >= 11 is 1.64. The maximum atomic E-state index is 11.3. The van der Waals surface area contributed by atoms with E-state index in [1.165, 1.54) is 25.7 Å². The Morgan fingerprint density at radius 2 is 2.30 bits per heavy atom. The quantitative estimate of drug-likeness (QED) is 0.814. The van der Waals surface area contributed by atoms with E-state index in [0.29, 0.717) is 25.5 Å². The van der Waals surface area contributed by atoms with Crippen molar-refractivity contribution in [2.75, 3.05) is 11.9 Å². The molecule has 2 rings (SSSR count). The minimum absolute atomic E-state index is 0.143. The van der Waals surface area contributed by atoms with Crippen molar-refractivity contribution in [1.82, 2.24) is 4.98 Å². The second-order valence-electron chi connectivity index (χ2n) is 5.46. The van der Waals surface area contributed by atoms with Gasteiger partial charge in [0.25, 0.3) is 0 Å². The van der Waals surface area contributed by atoms with Crippen LogP contribution in [-0.2, 0) is 16.0 Å². The molecular weight excluding hydrogens is 272 g/mol. The largest absolute Gasteiger partial charge is 0.466 e. The van der Waals surface area contributed by atoms with Gasteiger partial charge in [0.05, 0.1) is 18.7 Å². The van der Waals surface area contributed by atoms with Gasteiger partial charge < -0.3 is 10.1 Å². The number of nitrogens with zero attached hydrogens (tertiary/aromatic N) is 1. The highest BCUT2D eigenvalue weighted by atomic mass is 32.1. The van der Waals surface area contributed by atoms with Crippen LogP contribution in [0.15, 0.2) is 5.38 Å². The minimum atomic E-state index is -0.143. The molecule has 1 aromatic heterocycles. The molecule has 0 aliphatic heterocycles. The van der Waals surface area contributed by atoms with Crippen molar-refractivity contribution in [1.29, 1.82) is 0 Å². The maximum absolute atomic E-state index is 11.3. The lowest BCUT2D eigenvalue weighted by Crippen LogP contribution is -2.30.